The maximum Gasteiger partial charge on any atom is 0.416 e. The molecule has 0 saturated heterocycles. The molecule has 9 heteroatoms. The number of carbonyl (C=O) groups excluding carboxylic acids is 1. The van der Waals surface area contributed by atoms with Crippen LogP contribution in [0, 0.1) is 0 Å². The van der Waals surface area contributed by atoms with E-state index in [4.69, 9.17) is 0 Å². The van der Waals surface area contributed by atoms with Gasteiger partial charge in [0, 0.05) is 10.7 Å². The highest BCUT2D eigenvalue weighted by atomic mass is 79.9. The minimum absolute atomic E-state index is 0.136. The molecule has 0 spiro atoms. The lowest BCUT2D eigenvalue weighted by Crippen LogP contribution is -2.22. The standard InChI is InChI=1S/C10H9BrF3NO3S/c1-19(17,18)5-9(16)15-8-4-6(10(12,13)14)2-3-7(8)11/h2-4H,5H2,1H3,(H,15,16). The Hall–Kier alpha value is -1.09. The zero-order valence-electron chi connectivity index (χ0n) is 9.58. The van der Waals surface area contributed by atoms with E-state index in [1.807, 2.05) is 0 Å². The number of anilines is 1. The van der Waals surface area contributed by atoms with E-state index in [1.165, 1.54) is 0 Å². The molecule has 0 fully saturated rings. The number of sulfone groups is 1. The predicted molar refractivity (Wildman–Crippen MR) is 67.5 cm³/mol. The molecule has 0 radical (unpaired) electrons. The highest BCUT2D eigenvalue weighted by Crippen LogP contribution is 2.33. The summed E-state index contributed by atoms with van der Waals surface area (Å²) in [4.78, 5) is 11.3. The topological polar surface area (TPSA) is 63.2 Å². The van der Waals surface area contributed by atoms with E-state index in [1.54, 1.807) is 0 Å². The van der Waals surface area contributed by atoms with Gasteiger partial charge in [0.2, 0.25) is 5.91 Å². The van der Waals surface area contributed by atoms with Crippen LogP contribution in [0.1, 0.15) is 5.56 Å². The Morgan fingerprint density at radius 1 is 1.37 bits per heavy atom. The zero-order valence-corrected chi connectivity index (χ0v) is 12.0. The third kappa shape index (κ3) is 5.19. The molecule has 4 nitrogen and oxygen atoms in total. The zero-order chi connectivity index (χ0) is 14.8. The third-order valence-corrected chi connectivity index (χ3v) is 3.44. The summed E-state index contributed by atoms with van der Waals surface area (Å²) in [6, 6.07) is 2.69. The second-order valence-corrected chi connectivity index (χ2v) is 6.81. The number of amides is 1. The smallest absolute Gasteiger partial charge is 0.324 e. The summed E-state index contributed by atoms with van der Waals surface area (Å²) in [6.07, 6.45) is -3.69. The van der Waals surface area contributed by atoms with Crippen molar-refractivity contribution >= 4 is 37.4 Å². The van der Waals surface area contributed by atoms with Gasteiger partial charge in [-0.05, 0) is 34.1 Å². The summed E-state index contributed by atoms with van der Waals surface area (Å²) in [5.74, 6) is -1.70. The van der Waals surface area contributed by atoms with E-state index in [2.05, 4.69) is 21.2 Å². The molecule has 0 unspecified atom stereocenters. The molecule has 0 bridgehead atoms. The summed E-state index contributed by atoms with van der Waals surface area (Å²) in [6.45, 7) is 0. The Bertz CT molecular complexity index is 599. The van der Waals surface area contributed by atoms with Crippen molar-refractivity contribution in [3.8, 4) is 0 Å². The van der Waals surface area contributed by atoms with Crippen LogP contribution in [-0.2, 0) is 20.8 Å². The van der Waals surface area contributed by atoms with Crippen molar-refractivity contribution in [3.05, 3.63) is 28.2 Å². The van der Waals surface area contributed by atoms with E-state index in [0.29, 0.717) is 0 Å². The second-order valence-electron chi connectivity index (χ2n) is 3.81. The Labute approximate surface area is 116 Å². The number of alkyl halides is 3. The molecule has 0 aliphatic heterocycles. The Balaban J connectivity index is 2.98. The van der Waals surface area contributed by atoms with Gasteiger partial charge in [-0.1, -0.05) is 0 Å². The van der Waals surface area contributed by atoms with Crippen LogP contribution in [-0.4, -0.2) is 26.3 Å². The van der Waals surface area contributed by atoms with Gasteiger partial charge in [-0.3, -0.25) is 4.79 Å². The van der Waals surface area contributed by atoms with Crippen LogP contribution in [0.4, 0.5) is 18.9 Å². The van der Waals surface area contributed by atoms with Crippen LogP contribution in [0.5, 0.6) is 0 Å². The average Bonchev–Trinajstić information content (AvgIpc) is 2.16. The van der Waals surface area contributed by atoms with Gasteiger partial charge in [-0.15, -0.1) is 0 Å². The van der Waals surface area contributed by atoms with Gasteiger partial charge < -0.3 is 5.32 Å². The minimum Gasteiger partial charge on any atom is -0.324 e. The molecule has 0 aliphatic rings. The Morgan fingerprint density at radius 2 is 1.95 bits per heavy atom. The van der Waals surface area contributed by atoms with Gasteiger partial charge in [-0.25, -0.2) is 8.42 Å². The number of rotatable bonds is 3. The van der Waals surface area contributed by atoms with Crippen molar-refractivity contribution in [1.82, 2.24) is 0 Å². The third-order valence-electron chi connectivity index (χ3n) is 1.96. The molecule has 1 N–H and O–H groups in total. The molecule has 1 aromatic carbocycles. The van der Waals surface area contributed by atoms with Crippen molar-refractivity contribution in [2.75, 3.05) is 17.3 Å². The first-order valence-corrected chi connectivity index (χ1v) is 7.69. The fourth-order valence-corrected chi connectivity index (χ4v) is 2.12. The lowest BCUT2D eigenvalue weighted by atomic mass is 10.2. The molecule has 0 atom stereocenters. The molecular formula is C10H9BrF3NO3S. The molecule has 106 valence electrons. The van der Waals surface area contributed by atoms with Crippen LogP contribution >= 0.6 is 15.9 Å². The lowest BCUT2D eigenvalue weighted by molar-refractivity contribution is -0.137. The maximum atomic E-state index is 12.5. The monoisotopic (exact) mass is 359 g/mol. The van der Waals surface area contributed by atoms with Crippen LogP contribution in [0.25, 0.3) is 0 Å². The van der Waals surface area contributed by atoms with E-state index < -0.39 is 33.2 Å². The first-order valence-electron chi connectivity index (χ1n) is 4.83. The quantitative estimate of drug-likeness (QED) is 0.901. The molecule has 19 heavy (non-hydrogen) atoms. The van der Waals surface area contributed by atoms with Crippen molar-refractivity contribution in [3.63, 3.8) is 0 Å². The molecule has 0 heterocycles. The van der Waals surface area contributed by atoms with Gasteiger partial charge in [0.25, 0.3) is 0 Å². The largest absolute Gasteiger partial charge is 0.416 e. The van der Waals surface area contributed by atoms with Gasteiger partial charge in [-0.2, -0.15) is 13.2 Å². The molecule has 1 aromatic rings. The van der Waals surface area contributed by atoms with Crippen LogP contribution in [0.3, 0.4) is 0 Å². The van der Waals surface area contributed by atoms with E-state index in [0.717, 1.165) is 24.5 Å². The van der Waals surface area contributed by atoms with E-state index >= 15 is 0 Å². The van der Waals surface area contributed by atoms with Crippen LogP contribution in [0.15, 0.2) is 22.7 Å². The number of carbonyl (C=O) groups is 1. The SMILES string of the molecule is CS(=O)(=O)CC(=O)Nc1cc(C(F)(F)F)ccc1Br. The number of hydrogen-bond acceptors (Lipinski definition) is 3. The van der Waals surface area contributed by atoms with Crippen molar-refractivity contribution in [1.29, 1.82) is 0 Å². The summed E-state index contributed by atoms with van der Waals surface area (Å²) >= 11 is 2.97. The van der Waals surface area contributed by atoms with Crippen molar-refractivity contribution in [2.45, 2.75) is 6.18 Å². The van der Waals surface area contributed by atoms with Crippen LogP contribution in [0.2, 0.25) is 0 Å². The fraction of sp³-hybridized carbons (Fsp3) is 0.300. The Kier molecular flexibility index (Phi) is 4.62. The number of hydrogen-bond donors (Lipinski definition) is 1. The van der Waals surface area contributed by atoms with Gasteiger partial charge in [0.1, 0.15) is 5.75 Å². The van der Waals surface area contributed by atoms with Gasteiger partial charge in [0.05, 0.1) is 11.3 Å². The normalized spacial score (nSPS) is 12.3. The molecule has 1 rings (SSSR count). The van der Waals surface area contributed by atoms with Crippen LogP contribution < -0.4 is 5.32 Å². The van der Waals surface area contributed by atoms with Crippen molar-refractivity contribution in [2.24, 2.45) is 0 Å². The second kappa shape index (κ2) is 5.49. The highest BCUT2D eigenvalue weighted by Gasteiger charge is 2.31. The van der Waals surface area contributed by atoms with Gasteiger partial charge >= 0.3 is 6.18 Å². The first-order chi connectivity index (χ1) is 8.49. The van der Waals surface area contributed by atoms with Gasteiger partial charge in [0.15, 0.2) is 9.84 Å². The Morgan fingerprint density at radius 3 is 2.42 bits per heavy atom. The molecule has 0 aliphatic carbocycles. The molecule has 0 saturated carbocycles. The lowest BCUT2D eigenvalue weighted by Gasteiger charge is -2.11. The van der Waals surface area contributed by atoms with E-state index in [9.17, 15) is 26.4 Å². The summed E-state index contributed by atoms with van der Waals surface area (Å²) < 4.78 is 59.5. The molecule has 0 aromatic heterocycles. The predicted octanol–water partition coefficient (Wildman–Crippen LogP) is 2.45. The maximum absolute atomic E-state index is 12.5. The average molecular weight is 360 g/mol. The van der Waals surface area contributed by atoms with Crippen molar-refractivity contribution < 1.29 is 26.4 Å². The first kappa shape index (κ1) is 16.0. The molecule has 1 amide bonds. The number of nitrogens with one attached hydrogen (secondary N) is 1. The number of halogens is 4. The minimum atomic E-state index is -4.54. The summed E-state index contributed by atoms with van der Waals surface area (Å²) in [5.41, 5.74) is -1.08. The molecular weight excluding hydrogens is 351 g/mol. The summed E-state index contributed by atoms with van der Waals surface area (Å²) in [7, 11) is -3.54. The summed E-state index contributed by atoms with van der Waals surface area (Å²) in [5, 5.41) is 2.11. The fourth-order valence-electron chi connectivity index (χ4n) is 1.22. The number of benzene rings is 1. The highest BCUT2D eigenvalue weighted by molar-refractivity contribution is 9.10. The van der Waals surface area contributed by atoms with E-state index in [-0.39, 0.29) is 10.2 Å².